The van der Waals surface area contributed by atoms with Crippen LogP contribution in [0.1, 0.15) is 16.4 Å². The number of hydrogen-bond donors (Lipinski definition) is 0. The molecule has 3 heterocycles. The van der Waals surface area contributed by atoms with Crippen LogP contribution in [-0.4, -0.2) is 25.6 Å². The van der Waals surface area contributed by atoms with Crippen molar-refractivity contribution in [3.63, 3.8) is 0 Å². The minimum absolute atomic E-state index is 0.0641. The molecule has 0 aromatic carbocycles. The van der Waals surface area contributed by atoms with Crippen LogP contribution >= 0.6 is 11.3 Å². The standard InChI is InChI=1S/C13H10N4O5S/c1-16-5-9(17(19)20)4-10(16)13(18)21-6-11-14-12(15-22-11)8-2-3-23-7-8/h2-5,7H,6H2,1H3. The van der Waals surface area contributed by atoms with E-state index >= 15 is 0 Å². The van der Waals surface area contributed by atoms with E-state index in [1.54, 1.807) is 0 Å². The number of aromatic nitrogens is 3. The van der Waals surface area contributed by atoms with Gasteiger partial charge in [-0.15, -0.1) is 0 Å². The van der Waals surface area contributed by atoms with Gasteiger partial charge >= 0.3 is 5.97 Å². The molecule has 0 spiro atoms. The second-order valence-electron chi connectivity index (χ2n) is 4.55. The minimum atomic E-state index is -0.712. The summed E-state index contributed by atoms with van der Waals surface area (Å²) >= 11 is 1.50. The number of aryl methyl sites for hydroxylation is 1. The maximum Gasteiger partial charge on any atom is 0.355 e. The van der Waals surface area contributed by atoms with Crippen LogP contribution in [0.5, 0.6) is 0 Å². The smallest absolute Gasteiger partial charge is 0.355 e. The monoisotopic (exact) mass is 334 g/mol. The van der Waals surface area contributed by atoms with E-state index < -0.39 is 10.9 Å². The molecule has 0 N–H and O–H groups in total. The molecule has 0 unspecified atom stereocenters. The Morgan fingerprint density at radius 3 is 3.04 bits per heavy atom. The molecule has 9 nitrogen and oxygen atoms in total. The van der Waals surface area contributed by atoms with Gasteiger partial charge in [-0.1, -0.05) is 5.16 Å². The largest absolute Gasteiger partial charge is 0.451 e. The second-order valence-corrected chi connectivity index (χ2v) is 5.33. The summed E-state index contributed by atoms with van der Waals surface area (Å²) < 4.78 is 11.4. The third kappa shape index (κ3) is 3.11. The number of ether oxygens (including phenoxy) is 1. The summed E-state index contributed by atoms with van der Waals surface area (Å²) in [6.07, 6.45) is 1.23. The average molecular weight is 334 g/mol. The van der Waals surface area contributed by atoms with E-state index in [1.165, 1.54) is 29.1 Å². The van der Waals surface area contributed by atoms with Gasteiger partial charge < -0.3 is 13.8 Å². The molecule has 0 saturated carbocycles. The van der Waals surface area contributed by atoms with E-state index in [2.05, 4.69) is 10.1 Å². The van der Waals surface area contributed by atoms with Gasteiger partial charge in [0.1, 0.15) is 5.69 Å². The van der Waals surface area contributed by atoms with Crippen molar-refractivity contribution in [3.05, 3.63) is 50.8 Å². The maximum atomic E-state index is 12.0. The van der Waals surface area contributed by atoms with Crippen molar-refractivity contribution < 1.29 is 19.0 Å². The first kappa shape index (κ1) is 14.9. The predicted octanol–water partition coefficient (Wildman–Crippen LogP) is 2.40. The Balaban J connectivity index is 1.66. The van der Waals surface area contributed by atoms with Gasteiger partial charge in [-0.3, -0.25) is 10.1 Å². The predicted molar refractivity (Wildman–Crippen MR) is 78.8 cm³/mol. The van der Waals surface area contributed by atoms with Crippen LogP contribution in [0.2, 0.25) is 0 Å². The van der Waals surface area contributed by atoms with Gasteiger partial charge in [-0.05, 0) is 11.4 Å². The number of thiophene rings is 1. The summed E-state index contributed by atoms with van der Waals surface area (Å²) in [5.74, 6) is -0.161. The summed E-state index contributed by atoms with van der Waals surface area (Å²) in [7, 11) is 1.52. The zero-order valence-electron chi connectivity index (χ0n) is 11.8. The molecule has 0 atom stereocenters. The zero-order valence-corrected chi connectivity index (χ0v) is 12.6. The van der Waals surface area contributed by atoms with Crippen molar-refractivity contribution in [1.82, 2.24) is 14.7 Å². The van der Waals surface area contributed by atoms with Crippen LogP contribution in [-0.2, 0) is 18.4 Å². The third-order valence-corrected chi connectivity index (χ3v) is 3.67. The van der Waals surface area contributed by atoms with Crippen molar-refractivity contribution in [3.8, 4) is 11.4 Å². The molecule has 10 heteroatoms. The first-order chi connectivity index (χ1) is 11.0. The van der Waals surface area contributed by atoms with E-state index in [1.807, 2.05) is 16.8 Å². The van der Waals surface area contributed by atoms with E-state index in [-0.39, 0.29) is 23.9 Å². The number of hydrogen-bond acceptors (Lipinski definition) is 8. The Morgan fingerprint density at radius 2 is 2.39 bits per heavy atom. The molecule has 0 fully saturated rings. The molecule has 0 aliphatic heterocycles. The maximum absolute atomic E-state index is 12.0. The number of carbonyl (C=O) groups is 1. The number of nitro groups is 1. The number of esters is 1. The first-order valence-corrected chi connectivity index (χ1v) is 7.32. The van der Waals surface area contributed by atoms with Crippen LogP contribution in [0, 0.1) is 10.1 Å². The molecule has 0 aliphatic carbocycles. The Hall–Kier alpha value is -3.01. The lowest BCUT2D eigenvalue weighted by Crippen LogP contribution is -2.09. The number of nitrogens with zero attached hydrogens (tertiary/aromatic N) is 4. The highest BCUT2D eigenvalue weighted by atomic mass is 32.1. The van der Waals surface area contributed by atoms with Crippen molar-refractivity contribution >= 4 is 23.0 Å². The van der Waals surface area contributed by atoms with Crippen LogP contribution in [0.15, 0.2) is 33.6 Å². The van der Waals surface area contributed by atoms with Crippen LogP contribution in [0.3, 0.4) is 0 Å². The van der Waals surface area contributed by atoms with Crippen molar-refractivity contribution in [1.29, 1.82) is 0 Å². The van der Waals surface area contributed by atoms with E-state index in [0.717, 1.165) is 11.6 Å². The molecule has 3 aromatic heterocycles. The van der Waals surface area contributed by atoms with Gasteiger partial charge in [0, 0.05) is 24.1 Å². The molecule has 0 bridgehead atoms. The fourth-order valence-corrected chi connectivity index (χ4v) is 2.51. The van der Waals surface area contributed by atoms with Gasteiger partial charge in [-0.25, -0.2) is 4.79 Å². The fourth-order valence-electron chi connectivity index (χ4n) is 1.87. The van der Waals surface area contributed by atoms with Gasteiger partial charge in [0.05, 0.1) is 11.1 Å². The van der Waals surface area contributed by atoms with Gasteiger partial charge in [0.25, 0.3) is 11.6 Å². The minimum Gasteiger partial charge on any atom is -0.451 e. The zero-order chi connectivity index (χ0) is 16.4. The number of rotatable bonds is 5. The summed E-state index contributed by atoms with van der Waals surface area (Å²) in [6.45, 7) is -0.213. The summed E-state index contributed by atoms with van der Waals surface area (Å²) in [6, 6.07) is 2.99. The molecular formula is C13H10N4O5S. The molecule has 3 rings (SSSR count). The average Bonchev–Trinajstić information content (AvgIpc) is 3.24. The lowest BCUT2D eigenvalue weighted by molar-refractivity contribution is -0.384. The lowest BCUT2D eigenvalue weighted by Gasteiger charge is -2.01. The lowest BCUT2D eigenvalue weighted by atomic mass is 10.3. The normalized spacial score (nSPS) is 10.7. The molecule has 118 valence electrons. The Morgan fingerprint density at radius 1 is 1.57 bits per heavy atom. The summed E-state index contributed by atoms with van der Waals surface area (Å²) in [4.78, 5) is 26.2. The molecule has 0 aliphatic rings. The first-order valence-electron chi connectivity index (χ1n) is 6.37. The third-order valence-electron chi connectivity index (χ3n) is 2.98. The second kappa shape index (κ2) is 6.01. The van der Waals surface area contributed by atoms with Crippen LogP contribution in [0.4, 0.5) is 5.69 Å². The van der Waals surface area contributed by atoms with Crippen molar-refractivity contribution in [2.45, 2.75) is 6.61 Å². The molecule has 0 radical (unpaired) electrons. The van der Waals surface area contributed by atoms with Crippen LogP contribution in [0.25, 0.3) is 11.4 Å². The fraction of sp³-hybridized carbons (Fsp3) is 0.154. The highest BCUT2D eigenvalue weighted by Gasteiger charge is 2.19. The van der Waals surface area contributed by atoms with Gasteiger partial charge in [0.15, 0.2) is 6.61 Å². The molecule has 0 saturated heterocycles. The Kier molecular flexibility index (Phi) is 3.89. The number of carbonyl (C=O) groups excluding carboxylic acids is 1. The highest BCUT2D eigenvalue weighted by Crippen LogP contribution is 2.19. The molecule has 23 heavy (non-hydrogen) atoms. The molecule has 3 aromatic rings. The highest BCUT2D eigenvalue weighted by molar-refractivity contribution is 7.08. The van der Waals surface area contributed by atoms with Gasteiger partial charge in [0.2, 0.25) is 5.82 Å². The molecular weight excluding hydrogens is 324 g/mol. The van der Waals surface area contributed by atoms with E-state index in [9.17, 15) is 14.9 Å². The van der Waals surface area contributed by atoms with Crippen molar-refractivity contribution in [2.24, 2.45) is 7.05 Å². The van der Waals surface area contributed by atoms with E-state index in [0.29, 0.717) is 5.82 Å². The Labute approximate surface area is 133 Å². The van der Waals surface area contributed by atoms with E-state index in [4.69, 9.17) is 9.26 Å². The summed E-state index contributed by atoms with van der Waals surface area (Å²) in [5, 5.41) is 18.2. The SMILES string of the molecule is Cn1cc([N+](=O)[O-])cc1C(=O)OCc1nc(-c2ccsc2)no1. The van der Waals surface area contributed by atoms with Gasteiger partial charge in [-0.2, -0.15) is 16.3 Å². The quantitative estimate of drug-likeness (QED) is 0.400. The molecule has 0 amide bonds. The van der Waals surface area contributed by atoms with Crippen LogP contribution < -0.4 is 0 Å². The van der Waals surface area contributed by atoms with Crippen molar-refractivity contribution in [2.75, 3.05) is 0 Å². The Bertz CT molecular complexity index is 852. The topological polar surface area (TPSA) is 113 Å². The summed E-state index contributed by atoms with van der Waals surface area (Å²) in [5.41, 5.74) is 0.695.